The van der Waals surface area contributed by atoms with Crippen LogP contribution in [0.15, 0.2) is 35.4 Å². The van der Waals surface area contributed by atoms with Gasteiger partial charge in [-0.05, 0) is 24.0 Å². The van der Waals surface area contributed by atoms with Crippen molar-refractivity contribution < 1.29 is 19.8 Å². The summed E-state index contributed by atoms with van der Waals surface area (Å²) in [6, 6.07) is 9.22. The van der Waals surface area contributed by atoms with Crippen LogP contribution >= 0.6 is 11.6 Å². The van der Waals surface area contributed by atoms with E-state index < -0.39 is 23.8 Å². The van der Waals surface area contributed by atoms with Crippen LogP contribution in [0.1, 0.15) is 18.4 Å². The highest BCUT2D eigenvalue weighted by molar-refractivity contribution is 6.33. The third-order valence-electron chi connectivity index (χ3n) is 3.39. The molecule has 0 fully saturated rings. The fraction of sp³-hybridized carbons (Fsp3) is 0.286. The minimum absolute atomic E-state index is 0.0675. The Morgan fingerprint density at radius 1 is 1.00 bits per heavy atom. The Bertz CT molecular complexity index is 536. The molecule has 0 spiro atoms. The van der Waals surface area contributed by atoms with E-state index in [1.165, 1.54) is 0 Å². The number of allylic oxidation sites excluding steroid dienone is 2. The molecule has 100 valence electrons. The van der Waals surface area contributed by atoms with E-state index in [4.69, 9.17) is 16.7 Å². The average Bonchev–Trinajstić information content (AvgIpc) is 2.39. The van der Waals surface area contributed by atoms with Crippen LogP contribution in [0.5, 0.6) is 0 Å². The van der Waals surface area contributed by atoms with E-state index in [0.29, 0.717) is 5.03 Å². The van der Waals surface area contributed by atoms with Crippen LogP contribution in [-0.4, -0.2) is 22.2 Å². The normalized spacial score (nSPS) is 23.2. The van der Waals surface area contributed by atoms with Gasteiger partial charge in [0.1, 0.15) is 0 Å². The number of carbonyl (C=O) groups is 2. The topological polar surface area (TPSA) is 74.6 Å². The van der Waals surface area contributed by atoms with E-state index in [-0.39, 0.29) is 12.8 Å². The van der Waals surface area contributed by atoms with E-state index in [9.17, 15) is 14.7 Å². The number of rotatable bonds is 3. The van der Waals surface area contributed by atoms with Crippen LogP contribution in [0.4, 0.5) is 0 Å². The highest BCUT2D eigenvalue weighted by Crippen LogP contribution is 2.41. The van der Waals surface area contributed by atoms with Crippen molar-refractivity contribution in [3.05, 3.63) is 40.9 Å². The van der Waals surface area contributed by atoms with Gasteiger partial charge in [0.05, 0.1) is 11.8 Å². The molecule has 0 saturated heterocycles. The minimum Gasteiger partial charge on any atom is -0.481 e. The zero-order valence-electron chi connectivity index (χ0n) is 10.0. The Hall–Kier alpha value is -1.81. The Balaban J connectivity index is 2.39. The highest BCUT2D eigenvalue weighted by atomic mass is 35.5. The summed E-state index contributed by atoms with van der Waals surface area (Å²) in [6.45, 7) is 0. The van der Waals surface area contributed by atoms with Gasteiger partial charge in [-0.1, -0.05) is 41.9 Å². The molecule has 0 heterocycles. The first kappa shape index (κ1) is 13.6. The standard InChI is InChI=1S/C14H13ClO4/c15-12-7-11(14(18)19)10(13(16)17)6-9(12)8-4-2-1-3-5-8/h1-5,10-11H,6-7H2,(H,16,17)(H,18,19). The maximum Gasteiger partial charge on any atom is 0.307 e. The summed E-state index contributed by atoms with van der Waals surface area (Å²) in [5.41, 5.74) is 1.58. The van der Waals surface area contributed by atoms with Gasteiger partial charge in [-0.2, -0.15) is 0 Å². The molecule has 0 bridgehead atoms. The van der Waals surface area contributed by atoms with Crippen molar-refractivity contribution >= 4 is 29.1 Å². The van der Waals surface area contributed by atoms with Crippen LogP contribution in [0.2, 0.25) is 0 Å². The van der Waals surface area contributed by atoms with E-state index in [1.807, 2.05) is 30.3 Å². The van der Waals surface area contributed by atoms with Crippen molar-refractivity contribution in [1.82, 2.24) is 0 Å². The first-order valence-corrected chi connectivity index (χ1v) is 6.27. The number of benzene rings is 1. The maximum absolute atomic E-state index is 11.2. The van der Waals surface area contributed by atoms with Gasteiger partial charge in [0.15, 0.2) is 0 Å². The van der Waals surface area contributed by atoms with Gasteiger partial charge in [0, 0.05) is 5.03 Å². The van der Waals surface area contributed by atoms with E-state index in [0.717, 1.165) is 11.1 Å². The minimum atomic E-state index is -1.11. The van der Waals surface area contributed by atoms with Crippen LogP contribution < -0.4 is 0 Å². The molecule has 4 nitrogen and oxygen atoms in total. The molecule has 1 aliphatic rings. The van der Waals surface area contributed by atoms with Gasteiger partial charge in [-0.25, -0.2) is 0 Å². The highest BCUT2D eigenvalue weighted by Gasteiger charge is 2.39. The second-order valence-electron chi connectivity index (χ2n) is 4.55. The first-order valence-electron chi connectivity index (χ1n) is 5.89. The summed E-state index contributed by atoms with van der Waals surface area (Å²) >= 11 is 6.15. The lowest BCUT2D eigenvalue weighted by atomic mass is 9.77. The number of aliphatic carboxylic acids is 2. The SMILES string of the molecule is O=C(O)C1CC(Cl)=C(c2ccccc2)CC1C(=O)O. The molecule has 1 aromatic carbocycles. The second-order valence-corrected chi connectivity index (χ2v) is 5.00. The third kappa shape index (κ3) is 2.79. The van der Waals surface area contributed by atoms with Crippen molar-refractivity contribution in [2.75, 3.05) is 0 Å². The number of hydrogen-bond donors (Lipinski definition) is 2. The largest absolute Gasteiger partial charge is 0.481 e. The summed E-state index contributed by atoms with van der Waals surface area (Å²) in [5.74, 6) is -4.10. The monoisotopic (exact) mass is 280 g/mol. The second kappa shape index (κ2) is 5.45. The predicted octanol–water partition coefficient (Wildman–Crippen LogP) is 2.83. The zero-order valence-corrected chi connectivity index (χ0v) is 10.8. The summed E-state index contributed by atoms with van der Waals surface area (Å²) in [5, 5.41) is 18.7. The van der Waals surface area contributed by atoms with Crippen molar-refractivity contribution in [3.63, 3.8) is 0 Å². The number of carboxylic acids is 2. The molecule has 1 aliphatic carbocycles. The Morgan fingerprint density at radius 3 is 2.05 bits per heavy atom. The molecule has 0 saturated carbocycles. The Kier molecular flexibility index (Phi) is 3.90. The van der Waals surface area contributed by atoms with E-state index >= 15 is 0 Å². The van der Waals surface area contributed by atoms with Crippen molar-refractivity contribution in [3.8, 4) is 0 Å². The Morgan fingerprint density at radius 2 is 1.53 bits per heavy atom. The molecule has 2 unspecified atom stereocenters. The van der Waals surface area contributed by atoms with Crippen LogP contribution in [0, 0.1) is 11.8 Å². The number of halogens is 1. The van der Waals surface area contributed by atoms with Crippen molar-refractivity contribution in [1.29, 1.82) is 0 Å². The molecule has 1 aromatic rings. The van der Waals surface area contributed by atoms with Gasteiger partial charge in [0.2, 0.25) is 0 Å². The zero-order chi connectivity index (χ0) is 14.0. The summed E-state index contributed by atoms with van der Waals surface area (Å²) in [6.07, 6.45) is 0.216. The first-order chi connectivity index (χ1) is 9.00. The summed E-state index contributed by atoms with van der Waals surface area (Å²) in [7, 11) is 0. The van der Waals surface area contributed by atoms with Gasteiger partial charge < -0.3 is 10.2 Å². The quantitative estimate of drug-likeness (QED) is 0.893. The van der Waals surface area contributed by atoms with E-state index in [1.54, 1.807) is 0 Å². The number of carboxylic acid groups (broad SMARTS) is 2. The molecule has 0 amide bonds. The summed E-state index contributed by atoms with van der Waals surface area (Å²) < 4.78 is 0. The molecule has 2 atom stereocenters. The van der Waals surface area contributed by atoms with E-state index in [2.05, 4.69) is 0 Å². The average molecular weight is 281 g/mol. The van der Waals surface area contributed by atoms with Gasteiger partial charge >= 0.3 is 11.9 Å². The lowest BCUT2D eigenvalue weighted by molar-refractivity contribution is -0.153. The van der Waals surface area contributed by atoms with Gasteiger partial charge in [0.25, 0.3) is 0 Å². The van der Waals surface area contributed by atoms with Crippen LogP contribution in [0.3, 0.4) is 0 Å². The smallest absolute Gasteiger partial charge is 0.307 e. The van der Waals surface area contributed by atoms with Gasteiger partial charge in [-0.15, -0.1) is 0 Å². The molecular weight excluding hydrogens is 268 g/mol. The molecule has 0 aromatic heterocycles. The molecule has 2 N–H and O–H groups in total. The fourth-order valence-corrected chi connectivity index (χ4v) is 2.72. The lowest BCUT2D eigenvalue weighted by Gasteiger charge is -2.27. The molecular formula is C14H13ClO4. The van der Waals surface area contributed by atoms with Crippen LogP contribution in [0.25, 0.3) is 5.57 Å². The van der Waals surface area contributed by atoms with Crippen molar-refractivity contribution in [2.45, 2.75) is 12.8 Å². The fourth-order valence-electron chi connectivity index (χ4n) is 2.36. The maximum atomic E-state index is 11.2. The lowest BCUT2D eigenvalue weighted by Crippen LogP contribution is -2.32. The molecule has 0 aliphatic heterocycles. The predicted molar refractivity (Wildman–Crippen MR) is 70.7 cm³/mol. The molecule has 2 rings (SSSR count). The molecule has 5 heteroatoms. The molecule has 19 heavy (non-hydrogen) atoms. The molecule has 0 radical (unpaired) electrons. The van der Waals surface area contributed by atoms with Crippen LogP contribution in [-0.2, 0) is 9.59 Å². The van der Waals surface area contributed by atoms with Gasteiger partial charge in [-0.3, -0.25) is 9.59 Å². The third-order valence-corrected chi connectivity index (χ3v) is 3.78. The van der Waals surface area contributed by atoms with Crippen molar-refractivity contribution in [2.24, 2.45) is 11.8 Å². The summed E-state index contributed by atoms with van der Waals surface area (Å²) in [4.78, 5) is 22.3. The number of hydrogen-bond acceptors (Lipinski definition) is 2. The Labute approximate surface area is 115 Å².